The summed E-state index contributed by atoms with van der Waals surface area (Å²) >= 11 is 0. The van der Waals surface area contributed by atoms with E-state index in [0.29, 0.717) is 6.42 Å². The van der Waals surface area contributed by atoms with Crippen LogP contribution < -0.4 is 0 Å². The predicted octanol–water partition coefficient (Wildman–Crippen LogP) is 2.78. The first-order chi connectivity index (χ1) is 9.61. The minimum absolute atomic E-state index is 0.462. The zero-order chi connectivity index (χ0) is 14.5. The minimum Gasteiger partial charge on any atom is -0.481 e. The maximum atomic E-state index is 11.4. The molecule has 1 aromatic heterocycles. The molecule has 0 saturated carbocycles. The first-order valence-corrected chi connectivity index (χ1v) is 6.91. The fourth-order valence-corrected chi connectivity index (χ4v) is 2.39. The smallest absolute Gasteiger partial charge is 0.310 e. The Morgan fingerprint density at radius 2 is 2.05 bits per heavy atom. The van der Waals surface area contributed by atoms with Crippen LogP contribution in [0.25, 0.3) is 0 Å². The lowest BCUT2D eigenvalue weighted by Gasteiger charge is -2.12. The third-order valence-electron chi connectivity index (χ3n) is 3.58. The number of carboxylic acids is 1. The van der Waals surface area contributed by atoms with Gasteiger partial charge < -0.3 is 5.11 Å². The van der Waals surface area contributed by atoms with E-state index in [2.05, 4.69) is 18.1 Å². The highest BCUT2D eigenvalue weighted by molar-refractivity contribution is 5.76. The van der Waals surface area contributed by atoms with E-state index >= 15 is 0 Å². The lowest BCUT2D eigenvalue weighted by atomic mass is 9.93. The van der Waals surface area contributed by atoms with Gasteiger partial charge in [0.2, 0.25) is 0 Å². The largest absolute Gasteiger partial charge is 0.481 e. The lowest BCUT2D eigenvalue weighted by molar-refractivity contribution is -0.138. The van der Waals surface area contributed by atoms with E-state index in [9.17, 15) is 9.90 Å². The quantitative estimate of drug-likeness (QED) is 0.879. The maximum Gasteiger partial charge on any atom is 0.310 e. The van der Waals surface area contributed by atoms with Crippen molar-refractivity contribution in [2.75, 3.05) is 0 Å². The Morgan fingerprint density at radius 3 is 2.60 bits per heavy atom. The van der Waals surface area contributed by atoms with Crippen molar-refractivity contribution in [1.29, 1.82) is 0 Å². The molecule has 4 heteroatoms. The average molecular weight is 272 g/mol. The number of rotatable bonds is 6. The fraction of sp³-hybridized carbons (Fsp3) is 0.375. The highest BCUT2D eigenvalue weighted by atomic mass is 16.4. The zero-order valence-electron chi connectivity index (χ0n) is 11.9. The second-order valence-electron chi connectivity index (χ2n) is 4.94. The van der Waals surface area contributed by atoms with E-state index in [-0.39, 0.29) is 0 Å². The molecule has 1 aromatic carbocycles. The van der Waals surface area contributed by atoms with Crippen LogP contribution in [0.15, 0.2) is 36.4 Å². The van der Waals surface area contributed by atoms with Crippen LogP contribution in [0, 0.1) is 0 Å². The highest BCUT2D eigenvalue weighted by Crippen LogP contribution is 2.22. The lowest BCUT2D eigenvalue weighted by Crippen LogP contribution is -2.13. The van der Waals surface area contributed by atoms with Gasteiger partial charge in [-0.2, -0.15) is 5.10 Å². The zero-order valence-corrected chi connectivity index (χ0v) is 11.9. The van der Waals surface area contributed by atoms with Gasteiger partial charge in [-0.15, -0.1) is 0 Å². The molecule has 0 spiro atoms. The van der Waals surface area contributed by atoms with E-state index in [0.717, 1.165) is 29.8 Å². The molecule has 1 unspecified atom stereocenters. The van der Waals surface area contributed by atoms with Gasteiger partial charge in [0.1, 0.15) is 0 Å². The van der Waals surface area contributed by atoms with Crippen LogP contribution >= 0.6 is 0 Å². The van der Waals surface area contributed by atoms with Crippen LogP contribution in [-0.2, 0) is 24.7 Å². The van der Waals surface area contributed by atoms with Gasteiger partial charge in [-0.1, -0.05) is 37.3 Å². The van der Waals surface area contributed by atoms with Gasteiger partial charge in [0.05, 0.1) is 11.6 Å². The number of hydrogen-bond acceptors (Lipinski definition) is 2. The Kier molecular flexibility index (Phi) is 4.56. The second-order valence-corrected chi connectivity index (χ2v) is 4.94. The van der Waals surface area contributed by atoms with Crippen LogP contribution in [-0.4, -0.2) is 20.9 Å². The molecule has 20 heavy (non-hydrogen) atoms. The van der Waals surface area contributed by atoms with Gasteiger partial charge >= 0.3 is 5.97 Å². The second kappa shape index (κ2) is 6.37. The molecule has 0 aliphatic carbocycles. The van der Waals surface area contributed by atoms with Gasteiger partial charge in [-0.25, -0.2) is 0 Å². The molecule has 1 heterocycles. The molecular weight excluding hydrogens is 252 g/mol. The molecule has 1 N–H and O–H groups in total. The van der Waals surface area contributed by atoms with Gasteiger partial charge in [0.25, 0.3) is 0 Å². The number of nitrogens with zero attached hydrogens (tertiary/aromatic N) is 2. The van der Waals surface area contributed by atoms with E-state index < -0.39 is 11.9 Å². The molecule has 106 valence electrons. The maximum absolute atomic E-state index is 11.4. The molecule has 0 aliphatic heterocycles. The molecular formula is C16H20N2O2. The van der Waals surface area contributed by atoms with Gasteiger partial charge in [-0.3, -0.25) is 9.48 Å². The summed E-state index contributed by atoms with van der Waals surface area (Å²) in [7, 11) is 1.91. The van der Waals surface area contributed by atoms with Crippen molar-refractivity contribution in [3.05, 3.63) is 53.3 Å². The molecule has 0 saturated heterocycles. The van der Waals surface area contributed by atoms with Gasteiger partial charge in [0, 0.05) is 12.7 Å². The standard InChI is InChI=1S/C16H20N2O2/c1-3-13-11-14(18(2)17-13)9-10-15(16(19)20)12-7-5-4-6-8-12/h4-8,11,15H,3,9-10H2,1-2H3,(H,19,20). The van der Waals surface area contributed by atoms with Crippen LogP contribution in [0.3, 0.4) is 0 Å². The summed E-state index contributed by atoms with van der Waals surface area (Å²) < 4.78 is 1.85. The Morgan fingerprint density at radius 1 is 1.35 bits per heavy atom. The van der Waals surface area contributed by atoms with Crippen molar-refractivity contribution in [2.45, 2.75) is 32.1 Å². The van der Waals surface area contributed by atoms with Gasteiger partial charge in [-0.05, 0) is 30.9 Å². The Hall–Kier alpha value is -2.10. The third kappa shape index (κ3) is 3.26. The third-order valence-corrected chi connectivity index (χ3v) is 3.58. The Bertz CT molecular complexity index is 575. The average Bonchev–Trinajstić information content (AvgIpc) is 2.81. The Labute approximate surface area is 119 Å². The van der Waals surface area contributed by atoms with Crippen molar-refractivity contribution in [3.8, 4) is 0 Å². The molecule has 0 radical (unpaired) electrons. The molecule has 0 fully saturated rings. The molecule has 0 amide bonds. The summed E-state index contributed by atoms with van der Waals surface area (Å²) in [6, 6.07) is 11.5. The van der Waals surface area contributed by atoms with E-state index in [1.807, 2.05) is 42.1 Å². The van der Waals surface area contributed by atoms with Crippen molar-refractivity contribution in [3.63, 3.8) is 0 Å². The van der Waals surface area contributed by atoms with Gasteiger partial charge in [0.15, 0.2) is 0 Å². The number of carboxylic acid groups (broad SMARTS) is 1. The van der Waals surface area contributed by atoms with Crippen molar-refractivity contribution < 1.29 is 9.90 Å². The molecule has 2 rings (SSSR count). The number of benzene rings is 1. The summed E-state index contributed by atoms with van der Waals surface area (Å²) in [6.45, 7) is 2.07. The summed E-state index contributed by atoms with van der Waals surface area (Å²) in [5.41, 5.74) is 3.00. The summed E-state index contributed by atoms with van der Waals surface area (Å²) in [6.07, 6.45) is 2.20. The van der Waals surface area contributed by atoms with Crippen LogP contribution in [0.5, 0.6) is 0 Å². The van der Waals surface area contributed by atoms with E-state index in [4.69, 9.17) is 0 Å². The molecule has 0 aliphatic rings. The van der Waals surface area contributed by atoms with Crippen molar-refractivity contribution in [2.24, 2.45) is 7.05 Å². The first-order valence-electron chi connectivity index (χ1n) is 6.91. The number of carbonyl (C=O) groups is 1. The summed E-state index contributed by atoms with van der Waals surface area (Å²) in [5.74, 6) is -1.23. The van der Waals surface area contributed by atoms with E-state index in [1.54, 1.807) is 0 Å². The first kappa shape index (κ1) is 14.3. The topological polar surface area (TPSA) is 55.1 Å². The predicted molar refractivity (Wildman–Crippen MR) is 77.7 cm³/mol. The molecule has 2 aromatic rings. The summed E-state index contributed by atoms with van der Waals surface area (Å²) in [5, 5.41) is 13.8. The fourth-order valence-electron chi connectivity index (χ4n) is 2.39. The Balaban J connectivity index is 2.10. The molecule has 4 nitrogen and oxygen atoms in total. The number of aliphatic carboxylic acids is 1. The van der Waals surface area contributed by atoms with Crippen molar-refractivity contribution >= 4 is 5.97 Å². The SMILES string of the molecule is CCc1cc(CCC(C(=O)O)c2ccccc2)n(C)n1. The van der Waals surface area contributed by atoms with Crippen LogP contribution in [0.2, 0.25) is 0 Å². The highest BCUT2D eigenvalue weighted by Gasteiger charge is 2.20. The normalized spacial score (nSPS) is 12.3. The summed E-state index contributed by atoms with van der Waals surface area (Å²) in [4.78, 5) is 11.4. The minimum atomic E-state index is -0.769. The van der Waals surface area contributed by atoms with Crippen molar-refractivity contribution in [1.82, 2.24) is 9.78 Å². The van der Waals surface area contributed by atoms with Crippen LogP contribution in [0.1, 0.15) is 36.2 Å². The van der Waals surface area contributed by atoms with E-state index in [1.165, 1.54) is 0 Å². The molecule has 0 bridgehead atoms. The monoisotopic (exact) mass is 272 g/mol. The number of aryl methyl sites for hydroxylation is 3. The molecule has 1 atom stereocenters. The van der Waals surface area contributed by atoms with Crippen LogP contribution in [0.4, 0.5) is 0 Å². The number of aromatic nitrogens is 2. The number of hydrogen-bond donors (Lipinski definition) is 1.